The van der Waals surface area contributed by atoms with E-state index < -0.39 is 0 Å². The van der Waals surface area contributed by atoms with Crippen LogP contribution < -0.4 is 14.5 Å². The summed E-state index contributed by atoms with van der Waals surface area (Å²) in [5.74, 6) is 1.00. The van der Waals surface area contributed by atoms with Gasteiger partial charge in [0.1, 0.15) is 5.82 Å². The second kappa shape index (κ2) is 11.4. The Morgan fingerprint density at radius 1 is 1.02 bits per heavy atom. The Morgan fingerprint density at radius 2 is 1.88 bits per heavy atom. The fraction of sp³-hybridized carbons (Fsp3) is 0.500. The molecule has 3 aromatic rings. The van der Waals surface area contributed by atoms with Gasteiger partial charge in [-0.25, -0.2) is 0 Å². The summed E-state index contributed by atoms with van der Waals surface area (Å²) in [4.78, 5) is 19.9. The van der Waals surface area contributed by atoms with Gasteiger partial charge in [-0.3, -0.25) is 0 Å². The Labute approximate surface area is 249 Å². The smallest absolute Gasteiger partial charge is 0.318 e. The van der Waals surface area contributed by atoms with E-state index in [0.29, 0.717) is 19.0 Å². The quantitative estimate of drug-likeness (QED) is 0.361. The van der Waals surface area contributed by atoms with Crippen LogP contribution in [0.4, 0.5) is 11.5 Å². The number of hydrogen-bond donors (Lipinski definition) is 0. The molecule has 1 aliphatic carbocycles. The van der Waals surface area contributed by atoms with Crippen molar-refractivity contribution in [2.75, 3.05) is 62.2 Å². The number of anilines is 2. The Kier molecular flexibility index (Phi) is 7.37. The van der Waals surface area contributed by atoms with Crippen LogP contribution in [0.2, 0.25) is 0 Å². The summed E-state index contributed by atoms with van der Waals surface area (Å²) < 4.78 is 6.48. The second-order valence-electron chi connectivity index (χ2n) is 12.5. The maximum Gasteiger partial charge on any atom is 0.318 e. The zero-order valence-corrected chi connectivity index (χ0v) is 24.7. The van der Waals surface area contributed by atoms with Crippen LogP contribution in [0.3, 0.4) is 0 Å². The van der Waals surface area contributed by atoms with Crippen molar-refractivity contribution in [3.63, 3.8) is 0 Å². The van der Waals surface area contributed by atoms with Crippen LogP contribution in [0.25, 0.3) is 10.8 Å². The topological polar surface area (TPSA) is 71.8 Å². The maximum absolute atomic E-state index is 9.57. The van der Waals surface area contributed by atoms with Gasteiger partial charge in [-0.2, -0.15) is 15.2 Å². The van der Waals surface area contributed by atoms with E-state index in [9.17, 15) is 5.26 Å². The first-order chi connectivity index (χ1) is 20.6. The van der Waals surface area contributed by atoms with E-state index in [4.69, 9.17) is 14.7 Å². The number of nitriles is 1. The van der Waals surface area contributed by atoms with Crippen molar-refractivity contribution in [1.29, 1.82) is 5.26 Å². The summed E-state index contributed by atoms with van der Waals surface area (Å²) >= 11 is 0. The lowest BCUT2D eigenvalue weighted by atomic mass is 10.0. The third-order valence-corrected chi connectivity index (χ3v) is 9.60. The molecule has 1 aromatic heterocycles. The summed E-state index contributed by atoms with van der Waals surface area (Å²) in [5, 5.41) is 12.1. The highest BCUT2D eigenvalue weighted by Gasteiger charge is 2.46. The molecule has 2 aromatic carbocycles. The lowest BCUT2D eigenvalue weighted by Crippen LogP contribution is -2.51. The third-order valence-electron chi connectivity index (χ3n) is 9.60. The second-order valence-corrected chi connectivity index (χ2v) is 12.5. The van der Waals surface area contributed by atoms with Gasteiger partial charge in [0.2, 0.25) is 0 Å². The minimum Gasteiger partial charge on any atom is -0.463 e. The first-order valence-electron chi connectivity index (χ1n) is 15.6. The van der Waals surface area contributed by atoms with E-state index in [2.05, 4.69) is 80.4 Å². The van der Waals surface area contributed by atoms with E-state index in [0.717, 1.165) is 57.2 Å². The minimum absolute atomic E-state index is 0.136. The van der Waals surface area contributed by atoms with Crippen molar-refractivity contribution in [3.8, 4) is 12.1 Å². The molecular weight excluding hydrogens is 522 g/mol. The number of fused-ring (bicyclic) bond motifs is 2. The highest BCUT2D eigenvalue weighted by atomic mass is 16.5. The Hall–Kier alpha value is -3.83. The molecule has 8 heteroatoms. The molecule has 1 unspecified atom stereocenters. The SMILES string of the molecule is CC=CN1CCN(c2nc(OCC3(CN4CCC4)CC3)nc3c2CCN(c2cccc4ccccc24)C3)CC1CC#N. The molecule has 0 N–H and O–H groups in total. The van der Waals surface area contributed by atoms with Crippen LogP contribution in [0.15, 0.2) is 54.7 Å². The molecule has 218 valence electrons. The molecule has 2 saturated heterocycles. The molecule has 8 nitrogen and oxygen atoms in total. The van der Waals surface area contributed by atoms with E-state index in [1.165, 1.54) is 54.4 Å². The minimum atomic E-state index is 0.136. The van der Waals surface area contributed by atoms with E-state index in [1.807, 2.05) is 6.92 Å². The van der Waals surface area contributed by atoms with Crippen LogP contribution in [-0.2, 0) is 13.0 Å². The molecule has 3 aliphatic heterocycles. The summed E-state index contributed by atoms with van der Waals surface area (Å²) in [6.07, 6.45) is 9.32. The molecule has 1 saturated carbocycles. The van der Waals surface area contributed by atoms with Gasteiger partial charge >= 0.3 is 6.01 Å². The number of likely N-dealkylation sites (tertiary alicyclic amines) is 1. The van der Waals surface area contributed by atoms with Crippen molar-refractivity contribution >= 4 is 22.3 Å². The highest BCUT2D eigenvalue weighted by Crippen LogP contribution is 2.47. The number of aromatic nitrogens is 2. The molecule has 0 bridgehead atoms. The van der Waals surface area contributed by atoms with Gasteiger partial charge in [0.05, 0.1) is 37.4 Å². The molecule has 3 fully saturated rings. The van der Waals surface area contributed by atoms with Crippen molar-refractivity contribution in [2.45, 2.75) is 51.6 Å². The fourth-order valence-electron chi connectivity index (χ4n) is 6.90. The van der Waals surface area contributed by atoms with Crippen LogP contribution in [0, 0.1) is 16.7 Å². The number of ether oxygens (including phenoxy) is 1. The molecule has 42 heavy (non-hydrogen) atoms. The molecule has 0 amide bonds. The summed E-state index contributed by atoms with van der Waals surface area (Å²) in [6.45, 7) is 10.4. The highest BCUT2D eigenvalue weighted by molar-refractivity contribution is 5.94. The molecule has 0 spiro atoms. The normalized spacial score (nSPS) is 21.7. The summed E-state index contributed by atoms with van der Waals surface area (Å²) in [5.41, 5.74) is 3.80. The van der Waals surface area contributed by atoms with E-state index in [1.54, 1.807) is 0 Å². The number of benzene rings is 2. The van der Waals surface area contributed by atoms with Gasteiger partial charge in [-0.15, -0.1) is 0 Å². The zero-order valence-electron chi connectivity index (χ0n) is 24.7. The number of piperazine rings is 1. The van der Waals surface area contributed by atoms with Gasteiger partial charge < -0.3 is 24.3 Å². The number of allylic oxidation sites excluding steroid dienone is 1. The number of rotatable bonds is 9. The van der Waals surface area contributed by atoms with Crippen molar-refractivity contribution in [2.24, 2.45) is 5.41 Å². The Bertz CT molecular complexity index is 1500. The number of hydrogen-bond acceptors (Lipinski definition) is 8. The first-order valence-corrected chi connectivity index (χ1v) is 15.6. The standard InChI is InChI=1S/C34H41N7O/c1-2-16-39-20-21-41(22-27(39)11-15-35)32-29-12-19-40(31-10-5-8-26-7-3-4-9-28(26)31)23-30(29)36-33(37-32)42-25-34(13-14-34)24-38-17-6-18-38/h2-5,7-10,16,27H,6,11-14,17-25H2,1H3. The average Bonchev–Trinajstić information content (AvgIpc) is 3.78. The van der Waals surface area contributed by atoms with Gasteiger partial charge in [0, 0.05) is 54.8 Å². The lowest BCUT2D eigenvalue weighted by Gasteiger charge is -2.42. The first kappa shape index (κ1) is 27.0. The van der Waals surface area contributed by atoms with Crippen LogP contribution in [0.1, 0.15) is 43.9 Å². The predicted octanol–water partition coefficient (Wildman–Crippen LogP) is 5.00. The Balaban J connectivity index is 1.19. The molecule has 4 heterocycles. The monoisotopic (exact) mass is 563 g/mol. The lowest BCUT2D eigenvalue weighted by molar-refractivity contribution is 0.110. The van der Waals surface area contributed by atoms with Crippen molar-refractivity contribution in [3.05, 3.63) is 66.0 Å². The average molecular weight is 564 g/mol. The largest absolute Gasteiger partial charge is 0.463 e. The summed E-state index contributed by atoms with van der Waals surface area (Å²) in [7, 11) is 0. The number of nitrogens with zero attached hydrogens (tertiary/aromatic N) is 7. The van der Waals surface area contributed by atoms with Gasteiger partial charge in [-0.05, 0) is 63.3 Å². The molecular formula is C34H41N7O. The van der Waals surface area contributed by atoms with Crippen LogP contribution in [0.5, 0.6) is 6.01 Å². The van der Waals surface area contributed by atoms with E-state index >= 15 is 0 Å². The van der Waals surface area contributed by atoms with Gasteiger partial charge in [0.25, 0.3) is 0 Å². The van der Waals surface area contributed by atoms with Crippen LogP contribution in [-0.4, -0.2) is 78.2 Å². The maximum atomic E-state index is 9.57. The van der Waals surface area contributed by atoms with Gasteiger partial charge in [-0.1, -0.05) is 42.5 Å². The zero-order chi connectivity index (χ0) is 28.5. The molecule has 1 atom stereocenters. The molecule has 4 aliphatic rings. The van der Waals surface area contributed by atoms with E-state index in [-0.39, 0.29) is 11.5 Å². The van der Waals surface area contributed by atoms with Crippen molar-refractivity contribution < 1.29 is 4.74 Å². The molecule has 7 rings (SSSR count). The Morgan fingerprint density at radius 3 is 2.67 bits per heavy atom. The predicted molar refractivity (Wildman–Crippen MR) is 167 cm³/mol. The third kappa shape index (κ3) is 5.38. The molecule has 0 radical (unpaired) electrons. The van der Waals surface area contributed by atoms with Gasteiger partial charge in [0.15, 0.2) is 0 Å². The summed E-state index contributed by atoms with van der Waals surface area (Å²) in [6, 6.07) is 18.2. The van der Waals surface area contributed by atoms with Crippen molar-refractivity contribution in [1.82, 2.24) is 19.8 Å². The fourth-order valence-corrected chi connectivity index (χ4v) is 6.90. The van der Waals surface area contributed by atoms with Crippen LogP contribution >= 0.6 is 0 Å².